The average molecular weight is 358 g/mol. The number of benzene rings is 2. The normalized spacial score (nSPS) is 11.8. The molecule has 2 aromatic carbocycles. The Morgan fingerprint density at radius 3 is 2.48 bits per heavy atom. The molecule has 120 valence electrons. The van der Waals surface area contributed by atoms with Crippen molar-refractivity contribution in [2.45, 2.75) is 6.10 Å². The lowest BCUT2D eigenvalue weighted by Gasteiger charge is -2.11. The minimum atomic E-state index is -2.06. The summed E-state index contributed by atoms with van der Waals surface area (Å²) in [4.78, 5) is 21.0. The molecule has 0 saturated heterocycles. The molecule has 9 heteroatoms. The SMILES string of the molecule is O=C(O)C(O)c1cc(Oc2ccc(Cl)cc2Cl)ccc1[N+](=O)[O-]. The summed E-state index contributed by atoms with van der Waals surface area (Å²) in [5, 5.41) is 30.0. The summed E-state index contributed by atoms with van der Waals surface area (Å²) in [6.45, 7) is 0. The maximum Gasteiger partial charge on any atom is 0.337 e. The molecule has 0 aliphatic heterocycles. The van der Waals surface area contributed by atoms with Crippen LogP contribution in [0.2, 0.25) is 10.0 Å². The summed E-state index contributed by atoms with van der Waals surface area (Å²) in [5.41, 5.74) is -0.931. The quantitative estimate of drug-likeness (QED) is 0.621. The smallest absolute Gasteiger partial charge is 0.337 e. The van der Waals surface area contributed by atoms with Crippen LogP contribution in [0.1, 0.15) is 11.7 Å². The van der Waals surface area contributed by atoms with Gasteiger partial charge >= 0.3 is 5.97 Å². The lowest BCUT2D eigenvalue weighted by atomic mass is 10.1. The van der Waals surface area contributed by atoms with E-state index in [2.05, 4.69) is 0 Å². The molecule has 2 N–H and O–H groups in total. The predicted octanol–water partition coefficient (Wildman–Crippen LogP) is 3.81. The number of nitrogens with zero attached hydrogens (tertiary/aromatic N) is 1. The van der Waals surface area contributed by atoms with Crippen LogP contribution in [-0.2, 0) is 4.79 Å². The number of carboxylic acid groups (broad SMARTS) is 1. The highest BCUT2D eigenvalue weighted by molar-refractivity contribution is 6.35. The van der Waals surface area contributed by atoms with E-state index in [9.17, 15) is 20.0 Å². The molecule has 1 unspecified atom stereocenters. The number of hydrogen-bond acceptors (Lipinski definition) is 5. The number of aliphatic hydroxyl groups is 1. The van der Waals surface area contributed by atoms with E-state index in [4.69, 9.17) is 33.0 Å². The highest BCUT2D eigenvalue weighted by Gasteiger charge is 2.26. The number of rotatable bonds is 5. The summed E-state index contributed by atoms with van der Waals surface area (Å²) in [6, 6.07) is 7.83. The molecule has 0 heterocycles. The van der Waals surface area contributed by atoms with E-state index in [-0.39, 0.29) is 16.5 Å². The maximum absolute atomic E-state index is 10.9. The van der Waals surface area contributed by atoms with Crippen molar-refractivity contribution in [1.82, 2.24) is 0 Å². The highest BCUT2D eigenvalue weighted by atomic mass is 35.5. The first-order valence-corrected chi connectivity index (χ1v) is 6.87. The van der Waals surface area contributed by atoms with Crippen molar-refractivity contribution >= 4 is 34.9 Å². The summed E-state index contributed by atoms with van der Waals surface area (Å²) in [6.07, 6.45) is -2.06. The number of carbonyl (C=O) groups is 1. The topological polar surface area (TPSA) is 110 Å². The first kappa shape index (κ1) is 17.0. The zero-order valence-corrected chi connectivity index (χ0v) is 12.8. The van der Waals surface area contributed by atoms with Crippen LogP contribution < -0.4 is 4.74 Å². The van der Waals surface area contributed by atoms with Crippen LogP contribution in [0, 0.1) is 10.1 Å². The lowest BCUT2D eigenvalue weighted by molar-refractivity contribution is -0.386. The molecule has 1 atom stereocenters. The van der Waals surface area contributed by atoms with Crippen molar-refractivity contribution in [3.63, 3.8) is 0 Å². The van der Waals surface area contributed by atoms with Crippen LogP contribution >= 0.6 is 23.2 Å². The zero-order chi connectivity index (χ0) is 17.1. The minimum absolute atomic E-state index is 0.0788. The van der Waals surface area contributed by atoms with Crippen LogP contribution in [-0.4, -0.2) is 21.1 Å². The van der Waals surface area contributed by atoms with Gasteiger partial charge in [0.05, 0.1) is 15.5 Å². The van der Waals surface area contributed by atoms with Crippen molar-refractivity contribution < 1.29 is 24.7 Å². The Morgan fingerprint density at radius 1 is 1.22 bits per heavy atom. The van der Waals surface area contributed by atoms with Gasteiger partial charge in [0.15, 0.2) is 6.10 Å². The van der Waals surface area contributed by atoms with Crippen molar-refractivity contribution in [2.24, 2.45) is 0 Å². The molecule has 23 heavy (non-hydrogen) atoms. The summed E-state index contributed by atoms with van der Waals surface area (Å²) in [7, 11) is 0. The first-order valence-electron chi connectivity index (χ1n) is 6.11. The first-order chi connectivity index (χ1) is 10.8. The number of ether oxygens (including phenoxy) is 1. The number of nitro benzene ring substituents is 1. The molecule has 0 spiro atoms. The second-order valence-electron chi connectivity index (χ2n) is 4.40. The van der Waals surface area contributed by atoms with Gasteiger partial charge in [-0.15, -0.1) is 0 Å². The predicted molar refractivity (Wildman–Crippen MR) is 82.2 cm³/mol. The molecule has 7 nitrogen and oxygen atoms in total. The van der Waals surface area contributed by atoms with E-state index in [0.717, 1.165) is 12.1 Å². The molecule has 0 bridgehead atoms. The largest absolute Gasteiger partial charge is 0.479 e. The average Bonchev–Trinajstić information content (AvgIpc) is 2.49. The van der Waals surface area contributed by atoms with Gasteiger partial charge in [0, 0.05) is 11.1 Å². The van der Waals surface area contributed by atoms with Gasteiger partial charge in [0.2, 0.25) is 0 Å². The molecule has 0 saturated carbocycles. The Labute approximate surface area is 139 Å². The molecule has 0 aliphatic carbocycles. The third-order valence-electron chi connectivity index (χ3n) is 2.85. The van der Waals surface area contributed by atoms with Gasteiger partial charge in [0.1, 0.15) is 11.5 Å². The van der Waals surface area contributed by atoms with E-state index in [1.165, 1.54) is 24.3 Å². The maximum atomic E-state index is 10.9. The molecule has 0 aromatic heterocycles. The molecular weight excluding hydrogens is 349 g/mol. The Kier molecular flexibility index (Phi) is 5.05. The Hall–Kier alpha value is -2.35. The van der Waals surface area contributed by atoms with Gasteiger partial charge in [0.25, 0.3) is 5.69 Å². The summed E-state index contributed by atoms with van der Waals surface area (Å²) >= 11 is 11.7. The standard InChI is InChI=1S/C14H9Cl2NO6/c15-7-1-4-12(10(16)5-7)23-8-2-3-11(17(21)22)9(6-8)13(18)14(19)20/h1-6,13,18H,(H,19,20). The molecule has 0 radical (unpaired) electrons. The van der Waals surface area contributed by atoms with E-state index in [1.54, 1.807) is 0 Å². The minimum Gasteiger partial charge on any atom is -0.479 e. The second kappa shape index (κ2) is 6.82. The van der Waals surface area contributed by atoms with Crippen molar-refractivity contribution in [2.75, 3.05) is 0 Å². The number of hydrogen-bond donors (Lipinski definition) is 2. The van der Waals surface area contributed by atoms with Crippen molar-refractivity contribution in [3.8, 4) is 11.5 Å². The zero-order valence-electron chi connectivity index (χ0n) is 11.3. The van der Waals surface area contributed by atoms with Crippen LogP contribution in [0.15, 0.2) is 36.4 Å². The van der Waals surface area contributed by atoms with Gasteiger partial charge in [-0.2, -0.15) is 0 Å². The van der Waals surface area contributed by atoms with Crippen LogP contribution in [0.4, 0.5) is 5.69 Å². The van der Waals surface area contributed by atoms with Gasteiger partial charge in [-0.1, -0.05) is 23.2 Å². The highest BCUT2D eigenvalue weighted by Crippen LogP contribution is 2.35. The number of aliphatic hydroxyl groups excluding tert-OH is 1. The summed E-state index contributed by atoms with van der Waals surface area (Å²) < 4.78 is 5.45. The van der Waals surface area contributed by atoms with E-state index < -0.39 is 28.2 Å². The van der Waals surface area contributed by atoms with E-state index in [1.807, 2.05) is 0 Å². The fourth-order valence-electron chi connectivity index (χ4n) is 1.80. The Morgan fingerprint density at radius 2 is 1.91 bits per heavy atom. The monoisotopic (exact) mass is 357 g/mol. The Balaban J connectivity index is 2.42. The fourth-order valence-corrected chi connectivity index (χ4v) is 2.25. The number of halogens is 2. The third kappa shape index (κ3) is 3.89. The van der Waals surface area contributed by atoms with Crippen molar-refractivity contribution in [1.29, 1.82) is 0 Å². The van der Waals surface area contributed by atoms with Crippen LogP contribution in [0.3, 0.4) is 0 Å². The van der Waals surface area contributed by atoms with E-state index >= 15 is 0 Å². The molecular formula is C14H9Cl2NO6. The third-order valence-corrected chi connectivity index (χ3v) is 3.38. The number of nitro groups is 1. The van der Waals surface area contributed by atoms with E-state index in [0.29, 0.717) is 5.02 Å². The molecule has 0 aliphatic rings. The lowest BCUT2D eigenvalue weighted by Crippen LogP contribution is -2.12. The molecule has 0 fully saturated rings. The second-order valence-corrected chi connectivity index (χ2v) is 5.24. The number of aliphatic carboxylic acids is 1. The summed E-state index contributed by atoms with van der Waals surface area (Å²) in [5.74, 6) is -1.31. The van der Waals surface area contributed by atoms with Gasteiger partial charge in [-0.25, -0.2) is 4.79 Å². The van der Waals surface area contributed by atoms with Gasteiger partial charge in [-0.3, -0.25) is 10.1 Å². The van der Waals surface area contributed by atoms with Crippen LogP contribution in [0.5, 0.6) is 11.5 Å². The van der Waals surface area contributed by atoms with Gasteiger partial charge < -0.3 is 14.9 Å². The molecule has 2 aromatic rings. The number of carboxylic acids is 1. The molecule has 0 amide bonds. The van der Waals surface area contributed by atoms with Gasteiger partial charge in [-0.05, 0) is 30.3 Å². The van der Waals surface area contributed by atoms with Crippen LogP contribution in [0.25, 0.3) is 0 Å². The Bertz CT molecular complexity index is 780. The fraction of sp³-hybridized carbons (Fsp3) is 0.0714. The van der Waals surface area contributed by atoms with Crippen molar-refractivity contribution in [3.05, 3.63) is 62.1 Å². The molecule has 2 rings (SSSR count).